The van der Waals surface area contributed by atoms with Crippen molar-refractivity contribution in [1.82, 2.24) is 0 Å². The lowest BCUT2D eigenvalue weighted by Crippen LogP contribution is -2.26. The summed E-state index contributed by atoms with van der Waals surface area (Å²) in [4.78, 5) is 92.5. The van der Waals surface area contributed by atoms with Crippen molar-refractivity contribution in [3.63, 3.8) is 0 Å². The summed E-state index contributed by atoms with van der Waals surface area (Å²) >= 11 is 0. The highest BCUT2D eigenvalue weighted by atomic mass is 16.4. The third kappa shape index (κ3) is 11.9. The molecule has 6 atom stereocenters. The first-order valence-corrected chi connectivity index (χ1v) is 30.9. The van der Waals surface area contributed by atoms with Crippen LogP contribution in [0.3, 0.4) is 0 Å². The molecule has 4 aromatic carbocycles. The van der Waals surface area contributed by atoms with Crippen molar-refractivity contribution >= 4 is 73.8 Å². The van der Waals surface area contributed by atoms with Gasteiger partial charge in [-0.25, -0.2) is 4.79 Å². The van der Waals surface area contributed by atoms with E-state index in [0.717, 1.165) is 31.1 Å². The maximum absolute atomic E-state index is 12.0. The van der Waals surface area contributed by atoms with E-state index in [2.05, 4.69) is 0 Å². The molecule has 0 saturated heterocycles. The van der Waals surface area contributed by atoms with Crippen LogP contribution in [0.2, 0.25) is 0 Å². The summed E-state index contributed by atoms with van der Waals surface area (Å²) in [5.74, 6) is -13.3. The predicted molar refractivity (Wildman–Crippen MR) is 356 cm³/mol. The molecule has 7 aliphatic carbocycles. The minimum Gasteiger partial charge on any atom is -0.504 e. The number of aliphatic carboxylic acids is 4. The summed E-state index contributed by atoms with van der Waals surface area (Å²) < 4.78 is 22.0. The molecule has 4 aromatic rings. The average Bonchev–Trinajstić information content (AvgIpc) is 1.70. The zero-order valence-electron chi connectivity index (χ0n) is 52.0. The van der Waals surface area contributed by atoms with Crippen LogP contribution in [0.4, 0.5) is 0 Å². The molecule has 2 fully saturated rings. The van der Waals surface area contributed by atoms with Crippen LogP contribution >= 0.6 is 0 Å². The molecule has 4 aliphatic heterocycles. The van der Waals surface area contributed by atoms with Crippen LogP contribution in [0, 0.1) is 23.7 Å². The van der Waals surface area contributed by atoms with Crippen LogP contribution in [0.25, 0.3) is 95.2 Å². The Morgan fingerprint density at radius 3 is 1.29 bits per heavy atom. The molecule has 15 rings (SSSR count). The fraction of sp³-hybridized carbons (Fsp3) is 0.178. The Morgan fingerprint density at radius 1 is 0.416 bits per heavy atom. The number of carbonyl (C=O) groups is 4. The fourth-order valence-corrected chi connectivity index (χ4v) is 13.9. The number of fused-ring (bicyclic) bond motifs is 10. The second kappa shape index (κ2) is 26.2. The van der Waals surface area contributed by atoms with E-state index < -0.39 is 132 Å². The van der Waals surface area contributed by atoms with Gasteiger partial charge in [0.25, 0.3) is 0 Å². The van der Waals surface area contributed by atoms with Gasteiger partial charge < -0.3 is 99.4 Å². The third-order valence-corrected chi connectivity index (χ3v) is 18.5. The number of hydrogen-bond acceptors (Lipinski definition) is 24. The van der Waals surface area contributed by atoms with Gasteiger partial charge >= 0.3 is 23.9 Å². The van der Waals surface area contributed by atoms with Crippen molar-refractivity contribution in [2.45, 2.75) is 56.8 Å². The number of aromatic hydroxyl groups is 12. The fourth-order valence-electron chi connectivity index (χ4n) is 13.9. The standard InChI is InChI=1S/C21H16O7.C20H18O7.C16H12O7.C16H10O7/c22-12-5-3-10-16(14-8-1-2-9(7-8)15(14)21(26)27)11-4-6-13(23)18(25)20(11)28-19(10)17(12)24;21-13-7-5-11-15(9-3-1-2-4-10(9)20(25)26)12-6-8-14(22)17(24)19(12)27-18(11)16(13)23;2*17-10-4-1-8-7(3-6-12(19)20)9-2-5-11(18)14(22)16(9)23-15(8)13(10)21/h1-6,8-9,14-15,22,24-25H,7H2,(H,26,27);5-10,21,23-24H,1-4H2,(H,25,26);1-2,4-5,17,21-22H,3,6H2,(H,19,20);1-6,17,21-22H,(H,19,20)/b;;;6-3+. The minimum atomic E-state index is -1.19. The zero-order valence-corrected chi connectivity index (χ0v) is 52.0. The van der Waals surface area contributed by atoms with E-state index in [1.54, 1.807) is 12.1 Å². The third-order valence-electron chi connectivity index (χ3n) is 18.5. The average molecular weight is 1380 g/mol. The molecule has 0 radical (unpaired) electrons. The maximum Gasteiger partial charge on any atom is 0.328 e. The SMILES string of the molecule is O=C(O)/C=C/c1c2ccc(=O)c(O)c-2oc2c(O)c(O)ccc12.O=C(O)C1C2C=CC(C2)C1c1c2ccc(=O)c(O)c-2oc2c(O)c(O)ccc12.O=C(O)C1CCCCC1c1c2ccc(=O)c(O)c-2oc2c(O)c(O)ccc12.O=C(O)CCc1c2ccc(=O)c(O)c-2oc2c(O)c(O)ccc12. The van der Waals surface area contributed by atoms with Crippen molar-refractivity contribution in [2.75, 3.05) is 0 Å². The number of carboxylic acid groups (broad SMARTS) is 4. The molecule has 0 amide bonds. The van der Waals surface area contributed by atoms with Gasteiger partial charge in [-0.1, -0.05) is 25.0 Å². The molecule has 0 spiro atoms. The lowest BCUT2D eigenvalue weighted by atomic mass is 9.73. The van der Waals surface area contributed by atoms with E-state index in [0.29, 0.717) is 79.8 Å². The van der Waals surface area contributed by atoms with Crippen LogP contribution < -0.4 is 21.7 Å². The van der Waals surface area contributed by atoms with Crippen LogP contribution in [0.1, 0.15) is 72.6 Å². The number of phenols is 12. The number of benzene rings is 8. The highest BCUT2D eigenvalue weighted by Crippen LogP contribution is 2.58. The van der Waals surface area contributed by atoms with E-state index in [4.69, 9.17) is 27.9 Å². The van der Waals surface area contributed by atoms with Gasteiger partial charge in [-0.3, -0.25) is 33.6 Å². The van der Waals surface area contributed by atoms with Gasteiger partial charge in [0.2, 0.25) is 67.7 Å². The van der Waals surface area contributed by atoms with Crippen LogP contribution in [-0.2, 0) is 25.6 Å². The minimum absolute atomic E-state index is 0.0232. The highest BCUT2D eigenvalue weighted by Gasteiger charge is 2.51. The second-order valence-corrected chi connectivity index (χ2v) is 24.3. The summed E-state index contributed by atoms with van der Waals surface area (Å²) in [5, 5.41) is 159. The number of rotatable bonds is 9. The molecule has 28 heteroatoms. The van der Waals surface area contributed by atoms with Crippen molar-refractivity contribution in [2.24, 2.45) is 23.7 Å². The molecule has 4 heterocycles. The quantitative estimate of drug-likeness (QED) is 0.0276. The van der Waals surface area contributed by atoms with E-state index >= 15 is 0 Å². The molecule has 16 N–H and O–H groups in total. The van der Waals surface area contributed by atoms with Gasteiger partial charge in [0.15, 0.2) is 68.4 Å². The Labute approximate surface area is 563 Å². The van der Waals surface area contributed by atoms with Crippen LogP contribution in [0.15, 0.2) is 152 Å². The van der Waals surface area contributed by atoms with E-state index in [1.807, 2.05) is 12.2 Å². The van der Waals surface area contributed by atoms with Crippen molar-refractivity contribution in [3.8, 4) is 114 Å². The Morgan fingerprint density at radius 2 is 0.812 bits per heavy atom. The van der Waals surface area contributed by atoms with Gasteiger partial charge in [-0.15, -0.1) is 0 Å². The molecule has 0 aromatic heterocycles. The normalized spacial score (nSPS) is 17.7. The molecular formula is C73H56O28. The summed E-state index contributed by atoms with van der Waals surface area (Å²) in [6.07, 6.45) is 9.46. The summed E-state index contributed by atoms with van der Waals surface area (Å²) in [7, 11) is 0. The predicted octanol–water partition coefficient (Wildman–Crippen LogP) is 10.5. The molecule has 516 valence electrons. The van der Waals surface area contributed by atoms with Gasteiger partial charge in [0.1, 0.15) is 0 Å². The molecule has 6 unspecified atom stereocenters. The van der Waals surface area contributed by atoms with Crippen molar-refractivity contribution < 1.29 is 119 Å². The number of hydrogen-bond donors (Lipinski definition) is 16. The first-order chi connectivity index (χ1) is 48.1. The lowest BCUT2D eigenvalue weighted by molar-refractivity contribution is -0.144. The maximum atomic E-state index is 12.0. The number of carboxylic acids is 4. The monoisotopic (exact) mass is 1380 g/mol. The first kappa shape index (κ1) is 67.6. The number of phenolic OH excluding ortho intramolecular Hbond substituents is 12. The van der Waals surface area contributed by atoms with Gasteiger partial charge in [-0.2, -0.15) is 0 Å². The van der Waals surface area contributed by atoms with E-state index in [9.17, 15) is 110 Å². The van der Waals surface area contributed by atoms with Crippen molar-refractivity contribution in [3.05, 3.63) is 178 Å². The Balaban J connectivity index is 0.000000128. The largest absolute Gasteiger partial charge is 0.504 e. The van der Waals surface area contributed by atoms with Gasteiger partial charge in [0.05, 0.1) is 11.8 Å². The smallest absolute Gasteiger partial charge is 0.328 e. The van der Waals surface area contributed by atoms with E-state index in [-0.39, 0.29) is 81.5 Å². The number of allylic oxidation sites excluding steroid dienone is 2. The van der Waals surface area contributed by atoms with Crippen molar-refractivity contribution in [1.29, 1.82) is 0 Å². The first-order valence-electron chi connectivity index (χ1n) is 30.9. The van der Waals surface area contributed by atoms with E-state index in [1.165, 1.54) is 78.9 Å². The number of aryl methyl sites for hydroxylation is 1. The summed E-state index contributed by atoms with van der Waals surface area (Å²) in [6, 6.07) is 21.6. The summed E-state index contributed by atoms with van der Waals surface area (Å²) in [6.45, 7) is 0. The zero-order chi connectivity index (χ0) is 72.5. The van der Waals surface area contributed by atoms with Gasteiger partial charge in [0, 0.05) is 62.2 Å². The van der Waals surface area contributed by atoms with Gasteiger partial charge in [-0.05, 0) is 169 Å². The molecule has 2 bridgehead atoms. The highest BCUT2D eigenvalue weighted by molar-refractivity contribution is 6.02. The molecular weight excluding hydrogens is 1320 g/mol. The molecule has 2 saturated carbocycles. The Bertz CT molecular complexity index is 5610. The molecule has 101 heavy (non-hydrogen) atoms. The Hall–Kier alpha value is -13.4. The summed E-state index contributed by atoms with van der Waals surface area (Å²) in [5.41, 5.74) is 0.386. The molecule has 28 nitrogen and oxygen atoms in total. The second-order valence-electron chi connectivity index (χ2n) is 24.3. The van der Waals surface area contributed by atoms with Crippen LogP contribution in [-0.4, -0.2) is 106 Å². The molecule has 11 aliphatic rings. The topological polar surface area (TPSA) is 513 Å². The Kier molecular flexibility index (Phi) is 17.5. The lowest BCUT2D eigenvalue weighted by Gasteiger charge is -2.31. The van der Waals surface area contributed by atoms with Crippen LogP contribution in [0.5, 0.6) is 69.0 Å².